The fourth-order valence-electron chi connectivity index (χ4n) is 9.71. The van der Waals surface area contributed by atoms with Gasteiger partial charge in [-0.1, -0.05) is 56.4 Å². The summed E-state index contributed by atoms with van der Waals surface area (Å²) >= 11 is 0. The zero-order valence-electron chi connectivity index (χ0n) is 42.6. The van der Waals surface area contributed by atoms with Crippen LogP contribution in [0.5, 0.6) is 5.75 Å². The van der Waals surface area contributed by atoms with E-state index < -0.39 is 29.7 Å². The van der Waals surface area contributed by atoms with Crippen LogP contribution in [-0.4, -0.2) is 154 Å². The van der Waals surface area contributed by atoms with Crippen LogP contribution in [0.1, 0.15) is 128 Å². The largest absolute Gasteiger partial charge is 0.485 e. The molecule has 5 heterocycles. The zero-order chi connectivity index (χ0) is 50.9. The second kappa shape index (κ2) is 30.4. The molecule has 3 fully saturated rings. The van der Waals surface area contributed by atoms with Crippen LogP contribution in [0.15, 0.2) is 60.9 Å². The van der Waals surface area contributed by atoms with Gasteiger partial charge in [0.25, 0.3) is 11.8 Å². The fourth-order valence-corrected chi connectivity index (χ4v) is 9.71. The van der Waals surface area contributed by atoms with Gasteiger partial charge in [0.15, 0.2) is 6.29 Å². The van der Waals surface area contributed by atoms with E-state index in [0.717, 1.165) is 48.8 Å². The molecule has 392 valence electrons. The van der Waals surface area contributed by atoms with Crippen LogP contribution < -0.4 is 20.7 Å². The van der Waals surface area contributed by atoms with E-state index in [1.54, 1.807) is 14.2 Å². The number of likely N-dealkylation sites (tertiary alicyclic amines) is 1. The number of hydrogen-bond donors (Lipinski definition) is 3. The molecule has 18 heteroatoms. The van der Waals surface area contributed by atoms with Crippen LogP contribution in [0, 0.1) is 0 Å². The maximum atomic E-state index is 12.6. The Bertz CT molecular complexity index is 2320. The molecule has 0 bridgehead atoms. The van der Waals surface area contributed by atoms with Gasteiger partial charge in [-0.2, -0.15) is 4.98 Å². The molecule has 2 aromatic heterocycles. The third kappa shape index (κ3) is 16.2. The summed E-state index contributed by atoms with van der Waals surface area (Å²) in [5.74, 6) is -1.01. The van der Waals surface area contributed by atoms with Crippen molar-refractivity contribution in [3.8, 4) is 5.75 Å². The molecule has 3 aliphatic heterocycles. The summed E-state index contributed by atoms with van der Waals surface area (Å²) in [6.07, 6.45) is 20.1. The van der Waals surface area contributed by atoms with Crippen LogP contribution in [0.3, 0.4) is 0 Å². The topological polar surface area (TPSA) is 205 Å². The number of piperidine rings is 2. The van der Waals surface area contributed by atoms with Crippen LogP contribution in [-0.2, 0) is 33.3 Å². The summed E-state index contributed by atoms with van der Waals surface area (Å²) in [7, 11) is 5.21. The molecule has 0 spiro atoms. The molecule has 1 saturated carbocycles. The second-order valence-corrected chi connectivity index (χ2v) is 18.5. The Balaban J connectivity index is 0.000000271. The number of nitrogens with one attached hydrogen (secondary N) is 3. The van der Waals surface area contributed by atoms with E-state index in [4.69, 9.17) is 28.9 Å². The smallest absolute Gasteiger partial charge is 0.266 e. The van der Waals surface area contributed by atoms with E-state index in [1.807, 2.05) is 25.2 Å². The zero-order valence-corrected chi connectivity index (χ0v) is 42.6. The van der Waals surface area contributed by atoms with Crippen molar-refractivity contribution < 1.29 is 47.7 Å². The molecule has 72 heavy (non-hydrogen) atoms. The molecule has 1 aliphatic carbocycles. The number of anilines is 2. The summed E-state index contributed by atoms with van der Waals surface area (Å²) < 4.78 is 28.8. The number of carbonyl (C=O) groups excluding carboxylic acids is 5. The molecule has 2 aromatic carbocycles. The van der Waals surface area contributed by atoms with Gasteiger partial charge in [0.1, 0.15) is 24.0 Å². The Hall–Kier alpha value is -5.63. The third-order valence-electron chi connectivity index (χ3n) is 13.3. The molecule has 18 nitrogen and oxygen atoms in total. The maximum absolute atomic E-state index is 12.6. The Morgan fingerprint density at radius 3 is 2.17 bits per heavy atom. The minimum Gasteiger partial charge on any atom is -0.485 e. The Labute approximate surface area is 424 Å². The predicted octanol–water partition coefficient (Wildman–Crippen LogP) is 7.01. The molecule has 2 saturated heterocycles. The van der Waals surface area contributed by atoms with E-state index in [-0.39, 0.29) is 36.3 Å². The lowest BCUT2D eigenvalue weighted by molar-refractivity contribution is -0.136. The minimum absolute atomic E-state index is 0.0315. The number of aromatic nitrogens is 3. The van der Waals surface area contributed by atoms with E-state index in [9.17, 15) is 24.0 Å². The molecule has 0 radical (unpaired) electrons. The van der Waals surface area contributed by atoms with Crippen LogP contribution >= 0.6 is 0 Å². The Kier molecular flexibility index (Phi) is 23.5. The highest BCUT2D eigenvalue weighted by molar-refractivity contribution is 6.24. The number of carbonyl (C=O) groups is 5. The number of hydrogen-bond acceptors (Lipinski definition) is 15. The number of unbranched alkanes of at least 4 members (excludes halogenated alkanes) is 3. The average Bonchev–Trinajstić information content (AvgIpc) is 3.90. The number of methoxy groups -OCH3 is 1. The fraction of sp³-hybridized carbons (Fsp3) is 0.574. The summed E-state index contributed by atoms with van der Waals surface area (Å²) in [5, 5.41) is 9.91. The average molecular weight is 997 g/mol. The Morgan fingerprint density at radius 1 is 0.778 bits per heavy atom. The van der Waals surface area contributed by atoms with E-state index >= 15 is 0 Å². The van der Waals surface area contributed by atoms with Gasteiger partial charge < -0.3 is 43.8 Å². The van der Waals surface area contributed by atoms with Gasteiger partial charge in [0, 0.05) is 63.4 Å². The molecule has 3 N–H and O–H groups in total. The normalized spacial score (nSPS) is 17.5. The summed E-state index contributed by atoms with van der Waals surface area (Å²) in [4.78, 5) is 72.0. The lowest BCUT2D eigenvalue weighted by Crippen LogP contribution is -2.54. The first-order valence-corrected chi connectivity index (χ1v) is 25.9. The molecule has 4 amide bonds. The first kappa shape index (κ1) is 55.7. The molecule has 1 unspecified atom stereocenters. The van der Waals surface area contributed by atoms with Gasteiger partial charge in [0.05, 0.1) is 37.6 Å². The highest BCUT2D eigenvalue weighted by Crippen LogP contribution is 2.39. The predicted molar refractivity (Wildman–Crippen MR) is 275 cm³/mol. The molecule has 4 aromatic rings. The summed E-state index contributed by atoms with van der Waals surface area (Å²) in [6.45, 7) is 8.56. The Morgan fingerprint density at radius 2 is 1.47 bits per heavy atom. The SMILES string of the molecule is CNCCCOCCOCCOCCCCCCN1CCC(c2cn(C3CCCCC3)c3nc(Nc4ccccc4)ncc23)CC1.COC.O=CCOc1cccc2c1C(=O)N(C1CCC(=O)NC1=O)C2=O. The van der Waals surface area contributed by atoms with E-state index in [2.05, 4.69) is 54.7 Å². The van der Waals surface area contributed by atoms with Crippen molar-refractivity contribution in [2.45, 2.75) is 108 Å². The van der Waals surface area contributed by atoms with E-state index in [1.165, 1.54) is 113 Å². The molecular weight excluding hydrogens is 921 g/mol. The number of ether oxygens (including phenoxy) is 5. The van der Waals surface area contributed by atoms with Crippen LogP contribution in [0.2, 0.25) is 0 Å². The molecule has 4 aliphatic rings. The number of aldehydes is 1. The first-order valence-electron chi connectivity index (χ1n) is 25.9. The number of amides is 4. The number of para-hydroxylation sites is 1. The standard InChI is InChI=1S/C37H58N6O3.C15H12N2O6.C2H6O/c1-38-19-12-24-45-26-28-46-27-25-44-23-11-3-2-10-20-42-21-17-31(18-22-42)35-30-43(33-15-8-5-9-16-33)36-34(35)29-39-37(41-36)40-32-13-6-4-7-14-32;18-6-7-23-10-3-1-2-8-12(10)15(22)17(14(8)21)9-4-5-11(19)16-13(9)20;1-3-2/h4,6-7,13-14,29-31,33,38H,2-3,5,8-12,15-28H2,1H3,(H,39,40,41);1-3,6,9H,4-5,7H2,(H,16,19,20);1-2H3. The van der Waals surface area contributed by atoms with E-state index in [0.29, 0.717) is 50.6 Å². The van der Waals surface area contributed by atoms with Gasteiger partial charge in [-0.15, -0.1) is 0 Å². The quantitative estimate of drug-likeness (QED) is 0.0347. The van der Waals surface area contributed by atoms with Crippen molar-refractivity contribution >= 4 is 52.6 Å². The number of rotatable bonds is 25. The van der Waals surface area contributed by atoms with Gasteiger partial charge >= 0.3 is 0 Å². The highest BCUT2D eigenvalue weighted by atomic mass is 16.5. The van der Waals surface area contributed by atoms with Gasteiger partial charge in [0.2, 0.25) is 17.8 Å². The van der Waals surface area contributed by atoms with Gasteiger partial charge in [-0.3, -0.25) is 34.2 Å². The maximum Gasteiger partial charge on any atom is 0.266 e. The number of fused-ring (bicyclic) bond motifs is 2. The first-order chi connectivity index (χ1) is 35.3. The monoisotopic (exact) mass is 997 g/mol. The minimum atomic E-state index is -1.03. The lowest BCUT2D eigenvalue weighted by Gasteiger charge is -2.32. The lowest BCUT2D eigenvalue weighted by atomic mass is 9.89. The summed E-state index contributed by atoms with van der Waals surface area (Å²) in [5.41, 5.74) is 3.74. The van der Waals surface area contributed by atoms with Crippen molar-refractivity contribution in [1.82, 2.24) is 35.0 Å². The molecule has 8 rings (SSSR count). The molecule has 1 atom stereocenters. The third-order valence-corrected chi connectivity index (χ3v) is 13.3. The van der Waals surface area contributed by atoms with Gasteiger partial charge in [-0.25, -0.2) is 4.98 Å². The number of imide groups is 2. The number of benzene rings is 2. The van der Waals surface area contributed by atoms with Crippen molar-refractivity contribution in [2.24, 2.45) is 0 Å². The summed E-state index contributed by atoms with van der Waals surface area (Å²) in [6, 6.07) is 14.2. The van der Waals surface area contributed by atoms with Crippen LogP contribution in [0.4, 0.5) is 11.6 Å². The van der Waals surface area contributed by atoms with Crippen molar-refractivity contribution in [3.05, 3.63) is 77.6 Å². The second-order valence-electron chi connectivity index (χ2n) is 18.5. The number of nitrogens with zero attached hydrogens (tertiary/aromatic N) is 5. The van der Waals surface area contributed by atoms with Gasteiger partial charge in [-0.05, 0) is 120 Å². The molecular formula is C54H76N8O10. The van der Waals surface area contributed by atoms with Crippen LogP contribution in [0.25, 0.3) is 11.0 Å². The van der Waals surface area contributed by atoms with Crippen molar-refractivity contribution in [2.75, 3.05) is 99.0 Å². The van der Waals surface area contributed by atoms with Crippen molar-refractivity contribution in [1.29, 1.82) is 0 Å². The van der Waals surface area contributed by atoms with Crippen molar-refractivity contribution in [3.63, 3.8) is 0 Å². The highest BCUT2D eigenvalue weighted by Gasteiger charge is 2.46.